The molecule has 0 saturated heterocycles. The number of carbonyl (C=O) groups excluding carboxylic acids is 1. The number of benzene rings is 1. The van der Waals surface area contributed by atoms with Crippen molar-refractivity contribution in [3.05, 3.63) is 58.4 Å². The maximum atomic E-state index is 12.5. The Kier molecular flexibility index (Phi) is 3.47. The van der Waals surface area contributed by atoms with E-state index >= 15 is 0 Å². The van der Waals surface area contributed by atoms with Gasteiger partial charge in [0.1, 0.15) is 0 Å². The number of pyridine rings is 1. The van der Waals surface area contributed by atoms with Crippen molar-refractivity contribution in [2.45, 2.75) is 20.4 Å². The van der Waals surface area contributed by atoms with E-state index in [4.69, 9.17) is 11.6 Å². The number of hydrogen-bond acceptors (Lipinski definition) is 3. The molecule has 0 spiro atoms. The molecule has 5 heteroatoms. The van der Waals surface area contributed by atoms with E-state index in [0.29, 0.717) is 33.7 Å². The molecule has 0 aliphatic heterocycles. The zero-order valence-electron chi connectivity index (χ0n) is 11.8. The third-order valence-electron chi connectivity index (χ3n) is 3.46. The monoisotopic (exact) mass is 299 g/mol. The second-order valence-electron chi connectivity index (χ2n) is 4.88. The van der Waals surface area contributed by atoms with Gasteiger partial charge in [-0.05, 0) is 13.8 Å². The number of aryl methyl sites for hydroxylation is 2. The molecule has 106 valence electrons. The van der Waals surface area contributed by atoms with Gasteiger partial charge in [0.05, 0.1) is 22.2 Å². The van der Waals surface area contributed by atoms with Crippen LogP contribution in [0.5, 0.6) is 0 Å². The zero-order valence-corrected chi connectivity index (χ0v) is 12.6. The van der Waals surface area contributed by atoms with Crippen molar-refractivity contribution in [1.82, 2.24) is 14.8 Å². The van der Waals surface area contributed by atoms with E-state index in [9.17, 15) is 4.79 Å². The smallest absolute Gasteiger partial charge is 0.196 e. The van der Waals surface area contributed by atoms with Crippen LogP contribution < -0.4 is 0 Å². The van der Waals surface area contributed by atoms with Gasteiger partial charge in [-0.2, -0.15) is 5.10 Å². The molecular formula is C16H14ClN3O. The van der Waals surface area contributed by atoms with E-state index in [1.807, 2.05) is 26.0 Å². The van der Waals surface area contributed by atoms with Crippen molar-refractivity contribution in [3.8, 4) is 0 Å². The fourth-order valence-electron chi connectivity index (χ4n) is 2.25. The van der Waals surface area contributed by atoms with Crippen LogP contribution in [0.25, 0.3) is 11.0 Å². The molecule has 21 heavy (non-hydrogen) atoms. The Morgan fingerprint density at radius 2 is 1.95 bits per heavy atom. The summed E-state index contributed by atoms with van der Waals surface area (Å²) in [7, 11) is 0. The van der Waals surface area contributed by atoms with Gasteiger partial charge in [-0.1, -0.05) is 41.4 Å². The van der Waals surface area contributed by atoms with Crippen LogP contribution in [0.4, 0.5) is 0 Å². The first-order valence-electron chi connectivity index (χ1n) is 6.73. The van der Waals surface area contributed by atoms with E-state index in [1.165, 1.54) is 6.20 Å². The van der Waals surface area contributed by atoms with Crippen LogP contribution in [-0.4, -0.2) is 20.5 Å². The SMILES string of the molecule is CCn1ncc2c(Cl)c(C(=O)c3ccc(C)cc3)cnc21. The van der Waals surface area contributed by atoms with Crippen LogP contribution in [-0.2, 0) is 6.54 Å². The Hall–Kier alpha value is -2.20. The highest BCUT2D eigenvalue weighted by atomic mass is 35.5. The first-order valence-corrected chi connectivity index (χ1v) is 7.11. The predicted molar refractivity (Wildman–Crippen MR) is 82.8 cm³/mol. The molecule has 0 N–H and O–H groups in total. The highest BCUT2D eigenvalue weighted by molar-refractivity contribution is 6.39. The molecule has 3 rings (SSSR count). The summed E-state index contributed by atoms with van der Waals surface area (Å²) in [5, 5.41) is 5.33. The molecule has 4 nitrogen and oxygen atoms in total. The van der Waals surface area contributed by atoms with Crippen molar-refractivity contribution in [2.75, 3.05) is 0 Å². The lowest BCUT2D eigenvalue weighted by atomic mass is 10.0. The third-order valence-corrected chi connectivity index (χ3v) is 3.87. The lowest BCUT2D eigenvalue weighted by Gasteiger charge is -2.05. The molecule has 0 fully saturated rings. The van der Waals surface area contributed by atoms with Gasteiger partial charge in [0.25, 0.3) is 0 Å². The number of hydrogen-bond donors (Lipinski definition) is 0. The standard InChI is InChI=1S/C16H14ClN3O/c1-3-20-16-13(9-19-20)14(17)12(8-18-16)15(21)11-6-4-10(2)5-7-11/h4-9H,3H2,1-2H3. The quantitative estimate of drug-likeness (QED) is 0.694. The number of nitrogens with zero attached hydrogens (tertiary/aromatic N) is 3. The maximum Gasteiger partial charge on any atom is 0.196 e. The summed E-state index contributed by atoms with van der Waals surface area (Å²) in [5.74, 6) is -0.126. The van der Waals surface area contributed by atoms with Crippen LogP contribution in [0.3, 0.4) is 0 Å². The Bertz CT molecular complexity index is 821. The second-order valence-corrected chi connectivity index (χ2v) is 5.26. The minimum Gasteiger partial charge on any atom is -0.288 e. The first kappa shape index (κ1) is 13.8. The van der Waals surface area contributed by atoms with Crippen molar-refractivity contribution in [2.24, 2.45) is 0 Å². The molecule has 0 unspecified atom stereocenters. The molecule has 2 aromatic heterocycles. The van der Waals surface area contributed by atoms with Gasteiger partial charge in [0.15, 0.2) is 11.4 Å². The van der Waals surface area contributed by atoms with Gasteiger partial charge in [0.2, 0.25) is 0 Å². The fraction of sp³-hybridized carbons (Fsp3) is 0.188. The fourth-order valence-corrected chi connectivity index (χ4v) is 2.52. The van der Waals surface area contributed by atoms with Crippen LogP contribution in [0.2, 0.25) is 5.02 Å². The van der Waals surface area contributed by atoms with Crippen LogP contribution >= 0.6 is 11.6 Å². The Balaban J connectivity index is 2.10. The predicted octanol–water partition coefficient (Wildman–Crippen LogP) is 3.64. The van der Waals surface area contributed by atoms with E-state index in [-0.39, 0.29) is 5.78 Å². The van der Waals surface area contributed by atoms with Gasteiger partial charge in [-0.3, -0.25) is 4.79 Å². The average Bonchev–Trinajstić information content (AvgIpc) is 2.92. The lowest BCUT2D eigenvalue weighted by molar-refractivity contribution is 0.103. The van der Waals surface area contributed by atoms with Crippen LogP contribution in [0.1, 0.15) is 28.4 Å². The summed E-state index contributed by atoms with van der Waals surface area (Å²) >= 11 is 6.37. The van der Waals surface area contributed by atoms with Gasteiger partial charge in [-0.15, -0.1) is 0 Å². The number of ketones is 1. The largest absolute Gasteiger partial charge is 0.288 e. The van der Waals surface area contributed by atoms with Crippen molar-refractivity contribution in [1.29, 1.82) is 0 Å². The van der Waals surface area contributed by atoms with Crippen molar-refractivity contribution >= 4 is 28.4 Å². The molecule has 0 atom stereocenters. The van der Waals surface area contributed by atoms with Gasteiger partial charge in [-0.25, -0.2) is 9.67 Å². The first-order chi connectivity index (χ1) is 10.1. The van der Waals surface area contributed by atoms with Gasteiger partial charge in [0, 0.05) is 18.3 Å². The normalized spacial score (nSPS) is 11.0. The summed E-state index contributed by atoms with van der Waals surface area (Å²) in [6.45, 7) is 4.67. The molecule has 3 aromatic rings. The van der Waals surface area contributed by atoms with Crippen molar-refractivity contribution in [3.63, 3.8) is 0 Å². The summed E-state index contributed by atoms with van der Waals surface area (Å²) in [5.41, 5.74) is 2.81. The zero-order chi connectivity index (χ0) is 15.0. The molecule has 0 bridgehead atoms. The topological polar surface area (TPSA) is 47.8 Å². The number of rotatable bonds is 3. The molecule has 2 heterocycles. The number of halogens is 1. The van der Waals surface area contributed by atoms with E-state index in [1.54, 1.807) is 23.0 Å². The number of fused-ring (bicyclic) bond motifs is 1. The summed E-state index contributed by atoms with van der Waals surface area (Å²) in [4.78, 5) is 16.9. The second kappa shape index (κ2) is 5.30. The molecule has 0 aliphatic rings. The summed E-state index contributed by atoms with van der Waals surface area (Å²) in [6.07, 6.45) is 3.18. The van der Waals surface area contributed by atoms with Crippen LogP contribution in [0.15, 0.2) is 36.7 Å². The molecule has 1 aromatic carbocycles. The van der Waals surface area contributed by atoms with E-state index in [2.05, 4.69) is 10.1 Å². The Labute approximate surface area is 127 Å². The summed E-state index contributed by atoms with van der Waals surface area (Å²) in [6, 6.07) is 7.41. The van der Waals surface area contributed by atoms with Crippen molar-refractivity contribution < 1.29 is 4.79 Å². The molecule has 0 radical (unpaired) electrons. The molecule has 0 saturated carbocycles. The molecule has 0 aliphatic carbocycles. The molecular weight excluding hydrogens is 286 g/mol. The van der Waals surface area contributed by atoms with E-state index < -0.39 is 0 Å². The number of carbonyl (C=O) groups is 1. The lowest BCUT2D eigenvalue weighted by Crippen LogP contribution is -2.04. The van der Waals surface area contributed by atoms with Gasteiger partial charge >= 0.3 is 0 Å². The third kappa shape index (κ3) is 2.32. The van der Waals surface area contributed by atoms with Crippen LogP contribution in [0, 0.1) is 6.92 Å². The minimum atomic E-state index is -0.126. The van der Waals surface area contributed by atoms with Gasteiger partial charge < -0.3 is 0 Å². The summed E-state index contributed by atoms with van der Waals surface area (Å²) < 4.78 is 1.75. The highest BCUT2D eigenvalue weighted by Crippen LogP contribution is 2.27. The minimum absolute atomic E-state index is 0.126. The Morgan fingerprint density at radius 1 is 1.24 bits per heavy atom. The number of aromatic nitrogens is 3. The average molecular weight is 300 g/mol. The maximum absolute atomic E-state index is 12.5. The highest BCUT2D eigenvalue weighted by Gasteiger charge is 2.17. The van der Waals surface area contributed by atoms with E-state index in [0.717, 1.165) is 5.56 Å². The molecule has 0 amide bonds. The Morgan fingerprint density at radius 3 is 2.62 bits per heavy atom.